The summed E-state index contributed by atoms with van der Waals surface area (Å²) in [4.78, 5) is 0.142. The highest BCUT2D eigenvalue weighted by Gasteiger charge is 2.27. The molecule has 3 aromatic rings. The predicted octanol–water partition coefficient (Wildman–Crippen LogP) is 4.13. The van der Waals surface area contributed by atoms with E-state index in [2.05, 4.69) is 15.4 Å². The van der Waals surface area contributed by atoms with Crippen LogP contribution in [0.25, 0.3) is 11.5 Å². The molecule has 0 aliphatic carbocycles. The van der Waals surface area contributed by atoms with E-state index in [9.17, 15) is 8.42 Å². The van der Waals surface area contributed by atoms with Gasteiger partial charge in [-0.05, 0) is 30.3 Å². The van der Waals surface area contributed by atoms with Gasteiger partial charge in [-0.25, -0.2) is 12.4 Å². The SMILES string of the molecule is COc1cc(-c2c(Cl)ccn2S(=O)(=O)c2ccc(C)cc2)oc1C1=NN=NC1. The van der Waals surface area contributed by atoms with Gasteiger partial charge in [0.15, 0.2) is 17.3 Å². The molecule has 144 valence electrons. The Bertz CT molecular complexity index is 1210. The Morgan fingerprint density at radius 2 is 1.96 bits per heavy atom. The van der Waals surface area contributed by atoms with Crippen LogP contribution in [-0.2, 0) is 10.0 Å². The summed E-state index contributed by atoms with van der Waals surface area (Å²) in [5.74, 6) is 0.948. The van der Waals surface area contributed by atoms with Gasteiger partial charge >= 0.3 is 0 Å². The molecule has 0 radical (unpaired) electrons. The van der Waals surface area contributed by atoms with Crippen LogP contribution in [0, 0.1) is 6.92 Å². The van der Waals surface area contributed by atoms with E-state index in [1.807, 2.05) is 6.92 Å². The third kappa shape index (κ3) is 3.02. The molecule has 1 aliphatic rings. The Balaban J connectivity index is 1.85. The molecule has 3 heterocycles. The maximum Gasteiger partial charge on any atom is 0.268 e. The van der Waals surface area contributed by atoms with Gasteiger partial charge in [0, 0.05) is 12.3 Å². The van der Waals surface area contributed by atoms with Crippen molar-refractivity contribution in [3.05, 3.63) is 58.9 Å². The second-order valence-corrected chi connectivity index (χ2v) is 8.29. The van der Waals surface area contributed by atoms with Gasteiger partial charge in [0.25, 0.3) is 10.0 Å². The minimum absolute atomic E-state index is 0.142. The number of halogens is 1. The van der Waals surface area contributed by atoms with E-state index in [0.717, 1.165) is 9.54 Å². The number of hydrogen-bond donors (Lipinski definition) is 0. The lowest BCUT2D eigenvalue weighted by molar-refractivity contribution is 0.404. The number of aryl methyl sites for hydroxylation is 1. The maximum absolute atomic E-state index is 13.1. The lowest BCUT2D eigenvalue weighted by Crippen LogP contribution is -2.13. The molecule has 0 bridgehead atoms. The van der Waals surface area contributed by atoms with Crippen molar-refractivity contribution in [2.45, 2.75) is 11.8 Å². The van der Waals surface area contributed by atoms with E-state index in [1.54, 1.807) is 30.3 Å². The van der Waals surface area contributed by atoms with Crippen molar-refractivity contribution in [3.63, 3.8) is 0 Å². The van der Waals surface area contributed by atoms with Crippen LogP contribution in [0.4, 0.5) is 0 Å². The predicted molar refractivity (Wildman–Crippen MR) is 104 cm³/mol. The Morgan fingerprint density at radius 3 is 2.61 bits per heavy atom. The first-order valence-corrected chi connectivity index (χ1v) is 10.0. The van der Waals surface area contributed by atoms with Crippen molar-refractivity contribution >= 4 is 27.3 Å². The number of furan rings is 1. The number of aromatic nitrogens is 1. The molecule has 4 rings (SSSR count). The van der Waals surface area contributed by atoms with E-state index in [0.29, 0.717) is 17.2 Å². The third-order valence-electron chi connectivity index (χ3n) is 4.24. The molecule has 0 saturated heterocycles. The topological polar surface area (TPSA) is 98.5 Å². The molecule has 0 amide bonds. The zero-order chi connectivity index (χ0) is 19.9. The zero-order valence-electron chi connectivity index (χ0n) is 15.0. The number of methoxy groups -OCH3 is 1. The normalized spacial score (nSPS) is 13.8. The molecule has 0 fully saturated rings. The minimum Gasteiger partial charge on any atom is -0.493 e. The second-order valence-electron chi connectivity index (χ2n) is 6.07. The first kappa shape index (κ1) is 18.5. The summed E-state index contributed by atoms with van der Waals surface area (Å²) in [5, 5.41) is 11.5. The van der Waals surface area contributed by atoms with Gasteiger partial charge in [-0.3, -0.25) is 0 Å². The molecule has 2 aromatic heterocycles. The molecular weight excluding hydrogens is 404 g/mol. The number of hydrogen-bond acceptors (Lipinski definition) is 7. The quantitative estimate of drug-likeness (QED) is 0.622. The second kappa shape index (κ2) is 6.92. The van der Waals surface area contributed by atoms with E-state index >= 15 is 0 Å². The molecule has 0 atom stereocenters. The monoisotopic (exact) mass is 418 g/mol. The molecule has 10 heteroatoms. The molecule has 8 nitrogen and oxygen atoms in total. The lowest BCUT2D eigenvalue weighted by Gasteiger charge is -2.10. The highest BCUT2D eigenvalue weighted by molar-refractivity contribution is 7.90. The molecule has 0 spiro atoms. The van der Waals surface area contributed by atoms with Crippen molar-refractivity contribution in [2.24, 2.45) is 15.4 Å². The van der Waals surface area contributed by atoms with Crippen molar-refractivity contribution in [1.29, 1.82) is 0 Å². The lowest BCUT2D eigenvalue weighted by atomic mass is 10.2. The maximum atomic E-state index is 13.1. The van der Waals surface area contributed by atoms with Crippen LogP contribution in [-0.4, -0.2) is 31.8 Å². The summed E-state index contributed by atoms with van der Waals surface area (Å²) in [6, 6.07) is 9.63. The van der Waals surface area contributed by atoms with Crippen LogP contribution in [0.5, 0.6) is 5.75 Å². The van der Waals surface area contributed by atoms with Gasteiger partial charge in [0.1, 0.15) is 18.0 Å². The fourth-order valence-corrected chi connectivity index (χ4v) is 4.47. The molecule has 0 N–H and O–H groups in total. The fourth-order valence-electron chi connectivity index (χ4n) is 2.82. The van der Waals surface area contributed by atoms with Crippen molar-refractivity contribution in [3.8, 4) is 17.2 Å². The molecule has 1 aromatic carbocycles. The average Bonchev–Trinajstić information content (AvgIpc) is 3.40. The van der Waals surface area contributed by atoms with Crippen LogP contribution in [0.3, 0.4) is 0 Å². The molecule has 1 aliphatic heterocycles. The van der Waals surface area contributed by atoms with Gasteiger partial charge < -0.3 is 9.15 Å². The third-order valence-corrected chi connectivity index (χ3v) is 6.24. The largest absolute Gasteiger partial charge is 0.493 e. The molecule has 0 unspecified atom stereocenters. The fraction of sp³-hybridized carbons (Fsp3) is 0.167. The van der Waals surface area contributed by atoms with Gasteiger partial charge in [0.2, 0.25) is 0 Å². The summed E-state index contributed by atoms with van der Waals surface area (Å²) < 4.78 is 38.6. The first-order chi connectivity index (χ1) is 13.4. The summed E-state index contributed by atoms with van der Waals surface area (Å²) in [7, 11) is -2.40. The Labute approximate surface area is 166 Å². The summed E-state index contributed by atoms with van der Waals surface area (Å²) in [6.07, 6.45) is 1.39. The van der Waals surface area contributed by atoms with E-state index in [-0.39, 0.29) is 27.9 Å². The zero-order valence-corrected chi connectivity index (χ0v) is 16.5. The van der Waals surface area contributed by atoms with Gasteiger partial charge in [-0.15, -0.1) is 5.10 Å². The molecule has 0 saturated carbocycles. The van der Waals surface area contributed by atoms with E-state index < -0.39 is 10.0 Å². The summed E-state index contributed by atoms with van der Waals surface area (Å²) >= 11 is 6.31. The van der Waals surface area contributed by atoms with E-state index in [4.69, 9.17) is 20.8 Å². The van der Waals surface area contributed by atoms with Crippen molar-refractivity contribution in [2.75, 3.05) is 13.7 Å². The van der Waals surface area contributed by atoms with Crippen molar-refractivity contribution < 1.29 is 17.6 Å². The van der Waals surface area contributed by atoms with Crippen LogP contribution >= 0.6 is 11.6 Å². The van der Waals surface area contributed by atoms with Crippen LogP contribution in [0.2, 0.25) is 5.02 Å². The first-order valence-electron chi connectivity index (χ1n) is 8.23. The van der Waals surface area contributed by atoms with Crippen LogP contribution in [0.1, 0.15) is 11.3 Å². The Kier molecular flexibility index (Phi) is 4.56. The Morgan fingerprint density at radius 1 is 1.21 bits per heavy atom. The highest BCUT2D eigenvalue weighted by atomic mass is 35.5. The standard InChI is InChI=1S/C18H15ClN4O4S/c1-11-3-5-12(6-4-11)28(24,25)23-8-7-13(19)17(23)15-9-16(26-2)18(27-15)14-10-20-22-21-14/h3-9H,10H2,1-2H3. The van der Waals surface area contributed by atoms with Gasteiger partial charge in [-0.2, -0.15) is 5.11 Å². The molecular formula is C18H15ClN4O4S. The van der Waals surface area contributed by atoms with Crippen LogP contribution < -0.4 is 4.74 Å². The van der Waals surface area contributed by atoms with Crippen LogP contribution in [0.15, 0.2) is 67.3 Å². The van der Waals surface area contributed by atoms with Gasteiger partial charge in [0.05, 0.1) is 17.0 Å². The Hall–Kier alpha value is -2.91. The van der Waals surface area contributed by atoms with Crippen molar-refractivity contribution in [1.82, 2.24) is 3.97 Å². The highest BCUT2D eigenvalue weighted by Crippen LogP contribution is 2.37. The van der Waals surface area contributed by atoms with E-state index in [1.165, 1.54) is 19.4 Å². The smallest absolute Gasteiger partial charge is 0.268 e. The number of nitrogens with zero attached hydrogens (tertiary/aromatic N) is 4. The number of benzene rings is 1. The summed E-state index contributed by atoms with van der Waals surface area (Å²) in [6.45, 7) is 2.13. The number of ether oxygens (including phenoxy) is 1. The van der Waals surface area contributed by atoms with Gasteiger partial charge in [-0.1, -0.05) is 29.3 Å². The average molecular weight is 419 g/mol. The summed E-state index contributed by atoms with van der Waals surface area (Å²) in [5.41, 5.74) is 1.64. The minimum atomic E-state index is -3.88. The number of rotatable bonds is 5. The molecule has 28 heavy (non-hydrogen) atoms.